The highest BCUT2D eigenvalue weighted by molar-refractivity contribution is 7.18. The van der Waals surface area contributed by atoms with Crippen LogP contribution >= 0.6 is 11.3 Å². The maximum Gasteiger partial charge on any atom is 0.226 e. The van der Waals surface area contributed by atoms with Gasteiger partial charge in [-0.1, -0.05) is 29.4 Å². The Hall–Kier alpha value is -2.73. The summed E-state index contributed by atoms with van der Waals surface area (Å²) in [7, 11) is 0. The van der Waals surface area contributed by atoms with Crippen LogP contribution in [-0.2, 0) is 17.6 Å². The first kappa shape index (κ1) is 15.8. The summed E-state index contributed by atoms with van der Waals surface area (Å²) in [6.07, 6.45) is 1.97. The second-order valence-electron chi connectivity index (χ2n) is 5.83. The van der Waals surface area contributed by atoms with E-state index in [1.165, 1.54) is 4.70 Å². The zero-order valence-electron chi connectivity index (χ0n) is 13.6. The van der Waals surface area contributed by atoms with E-state index >= 15 is 0 Å². The molecule has 25 heavy (non-hydrogen) atoms. The smallest absolute Gasteiger partial charge is 0.226 e. The van der Waals surface area contributed by atoms with Crippen molar-refractivity contribution in [1.82, 2.24) is 15.5 Å². The van der Waals surface area contributed by atoms with E-state index in [4.69, 9.17) is 4.52 Å². The topological polar surface area (TPSA) is 68.0 Å². The van der Waals surface area contributed by atoms with E-state index in [1.54, 1.807) is 11.3 Å². The van der Waals surface area contributed by atoms with Gasteiger partial charge in [-0.15, -0.1) is 11.3 Å². The van der Waals surface area contributed by atoms with Crippen molar-refractivity contribution in [3.05, 3.63) is 59.2 Å². The Labute approximate surface area is 148 Å². The van der Waals surface area contributed by atoms with Crippen molar-refractivity contribution in [3.63, 3.8) is 0 Å². The van der Waals surface area contributed by atoms with Crippen LogP contribution in [0.3, 0.4) is 0 Å². The van der Waals surface area contributed by atoms with Crippen molar-refractivity contribution >= 4 is 38.4 Å². The van der Waals surface area contributed by atoms with Gasteiger partial charge in [0.05, 0.1) is 21.6 Å². The molecule has 0 bridgehead atoms. The van der Waals surface area contributed by atoms with Crippen molar-refractivity contribution in [3.8, 4) is 0 Å². The number of nitrogens with one attached hydrogen (secondary N) is 1. The average molecular weight is 351 g/mol. The van der Waals surface area contributed by atoms with Gasteiger partial charge >= 0.3 is 0 Å². The molecule has 2 aromatic heterocycles. The Kier molecular flexibility index (Phi) is 4.43. The molecule has 4 aromatic rings. The summed E-state index contributed by atoms with van der Waals surface area (Å²) in [5, 5.41) is 8.94. The van der Waals surface area contributed by atoms with E-state index in [0.717, 1.165) is 28.8 Å². The summed E-state index contributed by atoms with van der Waals surface area (Å²) in [6.45, 7) is 0.630. The maximum absolute atomic E-state index is 12.1. The van der Waals surface area contributed by atoms with Gasteiger partial charge in [-0.05, 0) is 30.7 Å². The fourth-order valence-corrected chi connectivity index (χ4v) is 3.78. The first-order valence-corrected chi connectivity index (χ1v) is 9.06. The van der Waals surface area contributed by atoms with Crippen molar-refractivity contribution < 1.29 is 9.32 Å². The molecular weight excluding hydrogens is 334 g/mol. The molecule has 0 radical (unpaired) electrons. The van der Waals surface area contributed by atoms with Crippen LogP contribution < -0.4 is 5.32 Å². The summed E-state index contributed by atoms with van der Waals surface area (Å²) in [5.74, 6) is -0.0386. The standard InChI is InChI=1S/C19H17N3O2S/c23-18(12-15-13-6-1-3-8-16(13)24-22-15)20-11-5-10-19-21-14-7-2-4-9-17(14)25-19/h1-4,6-9H,5,10-12H2,(H,20,23). The Morgan fingerprint density at radius 1 is 1.12 bits per heavy atom. The maximum atomic E-state index is 12.1. The van der Waals surface area contributed by atoms with Gasteiger partial charge in [0.1, 0.15) is 5.69 Å². The van der Waals surface area contributed by atoms with Crippen LogP contribution in [0.5, 0.6) is 0 Å². The third-order valence-electron chi connectivity index (χ3n) is 4.01. The highest BCUT2D eigenvalue weighted by Gasteiger charge is 2.11. The molecule has 0 aliphatic rings. The molecule has 126 valence electrons. The van der Waals surface area contributed by atoms with Gasteiger partial charge in [0.25, 0.3) is 0 Å². The molecular formula is C19H17N3O2S. The Bertz CT molecular complexity index is 989. The molecule has 6 heteroatoms. The number of rotatable bonds is 6. The van der Waals surface area contributed by atoms with Gasteiger partial charge < -0.3 is 9.84 Å². The average Bonchev–Trinajstić information content (AvgIpc) is 3.23. The van der Waals surface area contributed by atoms with Crippen LogP contribution in [0.1, 0.15) is 17.1 Å². The molecule has 0 unspecified atom stereocenters. The van der Waals surface area contributed by atoms with Gasteiger partial charge in [-0.25, -0.2) is 4.98 Å². The van der Waals surface area contributed by atoms with Crippen LogP contribution in [0.15, 0.2) is 53.1 Å². The molecule has 2 heterocycles. The van der Waals surface area contributed by atoms with E-state index in [9.17, 15) is 4.79 Å². The molecule has 1 amide bonds. The highest BCUT2D eigenvalue weighted by Crippen LogP contribution is 2.22. The number of hydrogen-bond donors (Lipinski definition) is 1. The molecule has 0 spiro atoms. The van der Waals surface area contributed by atoms with Crippen LogP contribution in [0, 0.1) is 0 Å². The predicted octanol–water partition coefficient (Wildman–Crippen LogP) is 3.73. The molecule has 0 saturated heterocycles. The van der Waals surface area contributed by atoms with Crippen molar-refractivity contribution in [2.45, 2.75) is 19.3 Å². The van der Waals surface area contributed by atoms with Crippen molar-refractivity contribution in [2.75, 3.05) is 6.54 Å². The number of benzene rings is 2. The molecule has 1 N–H and O–H groups in total. The molecule has 5 nitrogen and oxygen atoms in total. The normalized spacial score (nSPS) is 11.2. The lowest BCUT2D eigenvalue weighted by atomic mass is 10.1. The van der Waals surface area contributed by atoms with Crippen molar-refractivity contribution in [2.24, 2.45) is 0 Å². The van der Waals surface area contributed by atoms with Crippen LogP contribution in [0.4, 0.5) is 0 Å². The number of carbonyl (C=O) groups is 1. The Balaban J connectivity index is 1.27. The van der Waals surface area contributed by atoms with Crippen molar-refractivity contribution in [1.29, 1.82) is 0 Å². The number of nitrogens with zero attached hydrogens (tertiary/aromatic N) is 2. The summed E-state index contributed by atoms with van der Waals surface area (Å²) >= 11 is 1.72. The van der Waals surface area contributed by atoms with Crippen LogP contribution in [0.25, 0.3) is 21.2 Å². The van der Waals surface area contributed by atoms with E-state index in [0.29, 0.717) is 17.8 Å². The third kappa shape index (κ3) is 3.53. The van der Waals surface area contributed by atoms with Gasteiger partial charge in [-0.2, -0.15) is 0 Å². The second-order valence-corrected chi connectivity index (χ2v) is 6.95. The van der Waals surface area contributed by atoms with Crippen LogP contribution in [-0.4, -0.2) is 22.6 Å². The van der Waals surface area contributed by atoms with Crippen LogP contribution in [0.2, 0.25) is 0 Å². The lowest BCUT2D eigenvalue weighted by Crippen LogP contribution is -2.26. The van der Waals surface area contributed by atoms with E-state index in [2.05, 4.69) is 21.5 Å². The molecule has 2 aromatic carbocycles. The molecule has 0 saturated carbocycles. The molecule has 0 atom stereocenters. The molecule has 4 rings (SSSR count). The summed E-state index contributed by atoms with van der Waals surface area (Å²) in [4.78, 5) is 16.7. The van der Waals surface area contributed by atoms with Gasteiger partial charge in [0, 0.05) is 18.4 Å². The minimum absolute atomic E-state index is 0.0386. The lowest BCUT2D eigenvalue weighted by molar-refractivity contribution is -0.120. The number of thiazole rings is 1. The Morgan fingerprint density at radius 2 is 1.96 bits per heavy atom. The minimum atomic E-state index is -0.0386. The number of fused-ring (bicyclic) bond motifs is 2. The highest BCUT2D eigenvalue weighted by atomic mass is 32.1. The van der Waals surface area contributed by atoms with Gasteiger partial charge in [0.15, 0.2) is 5.58 Å². The molecule has 0 fully saturated rings. The first-order chi connectivity index (χ1) is 12.3. The second kappa shape index (κ2) is 7.03. The summed E-state index contributed by atoms with van der Waals surface area (Å²) in [6, 6.07) is 15.7. The zero-order chi connectivity index (χ0) is 17.1. The van der Waals surface area contributed by atoms with E-state index in [1.807, 2.05) is 42.5 Å². The summed E-state index contributed by atoms with van der Waals surface area (Å²) < 4.78 is 6.43. The fraction of sp³-hybridized carbons (Fsp3) is 0.211. The number of carbonyl (C=O) groups excluding carboxylic acids is 1. The monoisotopic (exact) mass is 351 g/mol. The van der Waals surface area contributed by atoms with E-state index < -0.39 is 0 Å². The predicted molar refractivity (Wildman–Crippen MR) is 98.7 cm³/mol. The van der Waals surface area contributed by atoms with E-state index in [-0.39, 0.29) is 12.3 Å². The fourth-order valence-electron chi connectivity index (χ4n) is 2.77. The molecule has 0 aliphatic heterocycles. The quantitative estimate of drug-likeness (QED) is 0.538. The van der Waals surface area contributed by atoms with Gasteiger partial charge in [0.2, 0.25) is 5.91 Å². The first-order valence-electron chi connectivity index (χ1n) is 8.24. The molecule has 0 aliphatic carbocycles. The zero-order valence-corrected chi connectivity index (χ0v) is 14.4. The number of amides is 1. The number of aryl methyl sites for hydroxylation is 1. The third-order valence-corrected chi connectivity index (χ3v) is 5.10. The number of hydrogen-bond acceptors (Lipinski definition) is 5. The lowest BCUT2D eigenvalue weighted by Gasteiger charge is -2.03. The number of aromatic nitrogens is 2. The number of para-hydroxylation sites is 2. The SMILES string of the molecule is O=C(Cc1noc2ccccc12)NCCCc1nc2ccccc2s1. The Morgan fingerprint density at radius 3 is 2.88 bits per heavy atom. The van der Waals surface area contributed by atoms with Gasteiger partial charge in [-0.3, -0.25) is 4.79 Å². The largest absolute Gasteiger partial charge is 0.356 e. The summed E-state index contributed by atoms with van der Waals surface area (Å²) in [5.41, 5.74) is 2.44. The minimum Gasteiger partial charge on any atom is -0.356 e.